The van der Waals surface area contributed by atoms with Crippen LogP contribution in [0.3, 0.4) is 0 Å². The standard InChI is InChI=1S/C20H22BrF3N4O2/c1-11-9-28(5-4-26(11)2)17-8-15(22)14(21)7-16(17)25-20(30)13-10-27(3)18(29)6-12(13)19(23)24/h6-8,10-11,19H,4-5,9H2,1-3H3,(H,25,30)/t11-/m0/s1. The minimum atomic E-state index is -2.99. The number of pyridine rings is 1. The predicted octanol–water partition coefficient (Wildman–Crippen LogP) is 3.62. The lowest BCUT2D eigenvalue weighted by Gasteiger charge is -2.39. The normalized spacial score (nSPS) is 17.5. The monoisotopic (exact) mass is 486 g/mol. The first-order valence-corrected chi connectivity index (χ1v) is 10.1. The molecule has 162 valence electrons. The van der Waals surface area contributed by atoms with Gasteiger partial charge in [-0.25, -0.2) is 13.2 Å². The Hall–Kier alpha value is -2.33. The molecule has 1 aliphatic rings. The van der Waals surface area contributed by atoms with Crippen LogP contribution >= 0.6 is 15.9 Å². The van der Waals surface area contributed by atoms with E-state index in [1.54, 1.807) is 0 Å². The van der Waals surface area contributed by atoms with Crippen molar-refractivity contribution in [1.82, 2.24) is 9.47 Å². The van der Waals surface area contributed by atoms with Crippen molar-refractivity contribution in [3.05, 3.63) is 56.2 Å². The summed E-state index contributed by atoms with van der Waals surface area (Å²) in [6.07, 6.45) is -1.91. The number of rotatable bonds is 4. The molecule has 0 bridgehead atoms. The zero-order valence-corrected chi connectivity index (χ0v) is 18.3. The summed E-state index contributed by atoms with van der Waals surface area (Å²) in [5.74, 6) is -1.30. The number of aryl methyl sites for hydroxylation is 1. The van der Waals surface area contributed by atoms with Crippen LogP contribution in [-0.4, -0.2) is 48.1 Å². The van der Waals surface area contributed by atoms with Crippen LogP contribution in [0.2, 0.25) is 0 Å². The van der Waals surface area contributed by atoms with Crippen molar-refractivity contribution in [1.29, 1.82) is 0 Å². The predicted molar refractivity (Wildman–Crippen MR) is 113 cm³/mol. The summed E-state index contributed by atoms with van der Waals surface area (Å²) in [6, 6.07) is 3.69. The third-order valence-electron chi connectivity index (χ3n) is 5.33. The Bertz CT molecular complexity index is 1030. The van der Waals surface area contributed by atoms with Crippen molar-refractivity contribution < 1.29 is 18.0 Å². The lowest BCUT2D eigenvalue weighted by molar-refractivity contribution is 0.101. The van der Waals surface area contributed by atoms with E-state index in [9.17, 15) is 22.8 Å². The maximum atomic E-state index is 14.3. The molecule has 1 N–H and O–H groups in total. The topological polar surface area (TPSA) is 57.6 Å². The average molecular weight is 487 g/mol. The first-order valence-electron chi connectivity index (χ1n) is 9.32. The second kappa shape index (κ2) is 8.81. The number of nitrogens with zero attached hydrogens (tertiary/aromatic N) is 3. The molecule has 0 spiro atoms. The highest BCUT2D eigenvalue weighted by atomic mass is 79.9. The van der Waals surface area contributed by atoms with E-state index >= 15 is 0 Å². The lowest BCUT2D eigenvalue weighted by atomic mass is 10.1. The van der Waals surface area contributed by atoms with Crippen molar-refractivity contribution >= 4 is 33.2 Å². The van der Waals surface area contributed by atoms with Crippen molar-refractivity contribution in [2.45, 2.75) is 19.4 Å². The van der Waals surface area contributed by atoms with Crippen LogP contribution in [0.4, 0.5) is 24.5 Å². The number of alkyl halides is 2. The van der Waals surface area contributed by atoms with Crippen molar-refractivity contribution in [2.75, 3.05) is 36.9 Å². The van der Waals surface area contributed by atoms with E-state index in [2.05, 4.69) is 26.1 Å². The maximum Gasteiger partial charge on any atom is 0.264 e. The number of carbonyl (C=O) groups excluding carboxylic acids is 1. The van der Waals surface area contributed by atoms with Gasteiger partial charge in [-0.15, -0.1) is 0 Å². The molecule has 0 aliphatic carbocycles. The fourth-order valence-corrected chi connectivity index (χ4v) is 3.71. The van der Waals surface area contributed by atoms with Crippen molar-refractivity contribution in [3.8, 4) is 0 Å². The molecule has 1 aliphatic heterocycles. The fraction of sp³-hybridized carbons (Fsp3) is 0.400. The van der Waals surface area contributed by atoms with Gasteiger partial charge in [-0.1, -0.05) is 0 Å². The summed E-state index contributed by atoms with van der Waals surface area (Å²) >= 11 is 3.11. The molecule has 0 unspecified atom stereocenters. The molecule has 1 fully saturated rings. The van der Waals surface area contributed by atoms with Gasteiger partial charge < -0.3 is 19.7 Å². The van der Waals surface area contributed by atoms with Gasteiger partial charge in [-0.2, -0.15) is 0 Å². The maximum absolute atomic E-state index is 14.3. The number of anilines is 2. The van der Waals surface area contributed by atoms with Crippen molar-refractivity contribution in [3.63, 3.8) is 0 Å². The first-order chi connectivity index (χ1) is 14.1. The molecule has 0 radical (unpaired) electrons. The number of aromatic nitrogens is 1. The minimum Gasteiger partial charge on any atom is -0.367 e. The smallest absolute Gasteiger partial charge is 0.264 e. The zero-order valence-electron chi connectivity index (χ0n) is 16.8. The highest BCUT2D eigenvalue weighted by molar-refractivity contribution is 9.10. The number of hydrogen-bond donors (Lipinski definition) is 1. The largest absolute Gasteiger partial charge is 0.367 e. The Kier molecular flexibility index (Phi) is 6.56. The molecule has 1 saturated heterocycles. The van der Waals surface area contributed by atoms with E-state index in [1.165, 1.54) is 19.2 Å². The van der Waals surface area contributed by atoms with E-state index < -0.39 is 29.3 Å². The van der Waals surface area contributed by atoms with Gasteiger partial charge >= 0.3 is 0 Å². The van der Waals surface area contributed by atoms with Crippen LogP contribution in [0.1, 0.15) is 29.3 Å². The highest BCUT2D eigenvalue weighted by Gasteiger charge is 2.26. The highest BCUT2D eigenvalue weighted by Crippen LogP contribution is 2.34. The second-order valence-corrected chi connectivity index (χ2v) is 8.26. The Labute approximate surface area is 180 Å². The average Bonchev–Trinajstić information content (AvgIpc) is 2.68. The van der Waals surface area contributed by atoms with Crippen LogP contribution in [0.5, 0.6) is 0 Å². The molecule has 6 nitrogen and oxygen atoms in total. The molecular weight excluding hydrogens is 465 g/mol. The van der Waals surface area contributed by atoms with Crippen molar-refractivity contribution in [2.24, 2.45) is 7.05 Å². The molecule has 1 atom stereocenters. The molecule has 0 saturated carbocycles. The van der Waals surface area contributed by atoms with Gasteiger partial charge in [0.15, 0.2) is 0 Å². The van der Waals surface area contributed by atoms with Crippen LogP contribution in [0.15, 0.2) is 33.7 Å². The Balaban J connectivity index is 1.99. The van der Waals surface area contributed by atoms with Crippen LogP contribution in [0.25, 0.3) is 0 Å². The Morgan fingerprint density at radius 3 is 2.57 bits per heavy atom. The lowest BCUT2D eigenvalue weighted by Crippen LogP contribution is -2.50. The number of hydrogen-bond acceptors (Lipinski definition) is 4. The molecule has 1 amide bonds. The molecule has 1 aromatic heterocycles. The van der Waals surface area contributed by atoms with Gasteiger partial charge in [0.1, 0.15) is 5.82 Å². The zero-order chi connectivity index (χ0) is 22.2. The van der Waals surface area contributed by atoms with Gasteiger partial charge in [-0.05, 0) is 36.0 Å². The third kappa shape index (κ3) is 4.54. The van der Waals surface area contributed by atoms with Gasteiger partial charge in [0.25, 0.3) is 17.9 Å². The molecule has 30 heavy (non-hydrogen) atoms. The van der Waals surface area contributed by atoms with Gasteiger partial charge in [0, 0.05) is 56.6 Å². The summed E-state index contributed by atoms with van der Waals surface area (Å²) in [7, 11) is 3.37. The van der Waals surface area contributed by atoms with E-state index in [1.807, 2.05) is 18.9 Å². The van der Waals surface area contributed by atoms with Crippen LogP contribution in [-0.2, 0) is 7.05 Å². The fourth-order valence-electron chi connectivity index (χ4n) is 3.37. The molecule has 2 aromatic rings. The van der Waals surface area contributed by atoms with Crippen LogP contribution in [0, 0.1) is 5.82 Å². The van der Waals surface area contributed by atoms with Crippen LogP contribution < -0.4 is 15.8 Å². The van der Waals surface area contributed by atoms with E-state index in [-0.39, 0.29) is 16.1 Å². The third-order valence-corrected chi connectivity index (χ3v) is 5.93. The summed E-state index contributed by atoms with van der Waals surface area (Å²) in [5.41, 5.74) is -0.846. The summed E-state index contributed by atoms with van der Waals surface area (Å²) in [6.45, 7) is 4.02. The summed E-state index contributed by atoms with van der Waals surface area (Å²) in [4.78, 5) is 28.7. The van der Waals surface area contributed by atoms with E-state index in [0.717, 1.165) is 23.4 Å². The van der Waals surface area contributed by atoms with E-state index in [0.29, 0.717) is 24.5 Å². The number of nitrogens with one attached hydrogen (secondary N) is 1. The number of halogens is 4. The first kappa shape index (κ1) is 22.4. The number of piperazine rings is 1. The molecule has 3 rings (SSSR count). The van der Waals surface area contributed by atoms with Gasteiger partial charge in [-0.3, -0.25) is 9.59 Å². The number of amides is 1. The van der Waals surface area contributed by atoms with E-state index in [4.69, 9.17) is 0 Å². The number of benzene rings is 1. The molecule has 1 aromatic carbocycles. The van der Waals surface area contributed by atoms with Gasteiger partial charge in [0.2, 0.25) is 0 Å². The Morgan fingerprint density at radius 2 is 1.93 bits per heavy atom. The minimum absolute atomic E-state index is 0.137. The summed E-state index contributed by atoms with van der Waals surface area (Å²) in [5, 5.41) is 2.62. The SMILES string of the molecule is C[C@H]1CN(c2cc(F)c(Br)cc2NC(=O)c2cn(C)c(=O)cc2C(F)F)CCN1C. The van der Waals surface area contributed by atoms with Gasteiger partial charge in [0.05, 0.1) is 21.4 Å². The second-order valence-electron chi connectivity index (χ2n) is 7.41. The molecule has 2 heterocycles. The number of carbonyl (C=O) groups is 1. The Morgan fingerprint density at radius 1 is 1.23 bits per heavy atom. The summed E-state index contributed by atoms with van der Waals surface area (Å²) < 4.78 is 42.3. The quantitative estimate of drug-likeness (QED) is 0.716. The molecular formula is C20H22BrF3N4O2. The number of likely N-dealkylation sites (N-methyl/N-ethyl adjacent to an activating group) is 1. The molecule has 10 heteroatoms.